The molecule has 15 heavy (non-hydrogen) atoms. The Bertz CT molecular complexity index is 324. The van der Waals surface area contributed by atoms with E-state index >= 15 is 0 Å². The summed E-state index contributed by atoms with van der Waals surface area (Å²) in [7, 11) is 1.99. The highest BCUT2D eigenvalue weighted by Crippen LogP contribution is 2.36. The van der Waals surface area contributed by atoms with Gasteiger partial charge in [0, 0.05) is 11.3 Å². The zero-order valence-electron chi connectivity index (χ0n) is 9.84. The van der Waals surface area contributed by atoms with Crippen LogP contribution in [0.3, 0.4) is 0 Å². The summed E-state index contributed by atoms with van der Waals surface area (Å²) in [6.07, 6.45) is 5.45. The molecule has 1 fully saturated rings. The Morgan fingerprint density at radius 1 is 1.40 bits per heavy atom. The molecule has 0 radical (unpaired) electrons. The van der Waals surface area contributed by atoms with Crippen LogP contribution in [-0.4, -0.2) is 12.0 Å². The molecule has 0 saturated heterocycles. The van der Waals surface area contributed by atoms with Crippen LogP contribution in [-0.2, 0) is 5.54 Å². The SMILES string of the molecule is CNC(C)(C)c1csc(C2CCCC2)n1. The summed E-state index contributed by atoms with van der Waals surface area (Å²) in [6.45, 7) is 4.36. The zero-order chi connectivity index (χ0) is 10.9. The minimum absolute atomic E-state index is 0.00730. The lowest BCUT2D eigenvalue weighted by Crippen LogP contribution is -2.33. The lowest BCUT2D eigenvalue weighted by molar-refractivity contribution is 0.432. The van der Waals surface area contributed by atoms with E-state index in [1.165, 1.54) is 36.4 Å². The molecule has 1 aliphatic carbocycles. The topological polar surface area (TPSA) is 24.9 Å². The molecule has 1 aromatic heterocycles. The lowest BCUT2D eigenvalue weighted by atomic mass is 10.0. The molecule has 1 heterocycles. The first-order valence-electron chi connectivity index (χ1n) is 5.78. The second-order valence-corrected chi connectivity index (χ2v) is 5.82. The van der Waals surface area contributed by atoms with Crippen molar-refractivity contribution in [2.75, 3.05) is 7.05 Å². The summed E-state index contributed by atoms with van der Waals surface area (Å²) in [5.41, 5.74) is 1.20. The summed E-state index contributed by atoms with van der Waals surface area (Å²) in [4.78, 5) is 4.79. The molecule has 2 rings (SSSR count). The van der Waals surface area contributed by atoms with Crippen molar-refractivity contribution in [1.29, 1.82) is 0 Å². The number of hydrogen-bond donors (Lipinski definition) is 1. The van der Waals surface area contributed by atoms with E-state index in [-0.39, 0.29) is 5.54 Å². The van der Waals surface area contributed by atoms with Gasteiger partial charge in [-0.05, 0) is 33.7 Å². The molecule has 84 valence electrons. The standard InChI is InChI=1S/C12H20N2S/c1-12(2,13-3)10-8-15-11(14-10)9-6-4-5-7-9/h8-9,13H,4-7H2,1-3H3. The summed E-state index contributed by atoms with van der Waals surface area (Å²) in [5, 5.41) is 6.87. The van der Waals surface area contributed by atoms with Crippen LogP contribution in [0.25, 0.3) is 0 Å². The molecule has 3 heteroatoms. The third-order valence-corrected chi connectivity index (χ3v) is 4.50. The first-order valence-corrected chi connectivity index (χ1v) is 6.66. The van der Waals surface area contributed by atoms with Gasteiger partial charge in [-0.15, -0.1) is 11.3 Å². The zero-order valence-corrected chi connectivity index (χ0v) is 10.7. The van der Waals surface area contributed by atoms with Crippen LogP contribution < -0.4 is 5.32 Å². The number of nitrogens with zero attached hydrogens (tertiary/aromatic N) is 1. The molecule has 1 aromatic rings. The van der Waals surface area contributed by atoms with E-state index in [1.54, 1.807) is 0 Å². The van der Waals surface area contributed by atoms with E-state index < -0.39 is 0 Å². The van der Waals surface area contributed by atoms with Gasteiger partial charge in [0.25, 0.3) is 0 Å². The van der Waals surface area contributed by atoms with Crippen LogP contribution in [0.5, 0.6) is 0 Å². The molecule has 0 amide bonds. The number of nitrogens with one attached hydrogen (secondary N) is 1. The highest BCUT2D eigenvalue weighted by molar-refractivity contribution is 7.09. The van der Waals surface area contributed by atoms with Crippen molar-refractivity contribution in [3.8, 4) is 0 Å². The van der Waals surface area contributed by atoms with Crippen LogP contribution in [0.2, 0.25) is 0 Å². The number of thiazole rings is 1. The molecule has 1 saturated carbocycles. The summed E-state index contributed by atoms with van der Waals surface area (Å²) < 4.78 is 0. The monoisotopic (exact) mass is 224 g/mol. The van der Waals surface area contributed by atoms with E-state index in [4.69, 9.17) is 4.98 Å². The van der Waals surface area contributed by atoms with Crippen molar-refractivity contribution in [3.63, 3.8) is 0 Å². The maximum absolute atomic E-state index is 4.79. The fourth-order valence-electron chi connectivity index (χ4n) is 2.06. The normalized spacial score (nSPS) is 18.6. The van der Waals surface area contributed by atoms with Gasteiger partial charge in [0.2, 0.25) is 0 Å². The van der Waals surface area contributed by atoms with Crippen LogP contribution in [0.4, 0.5) is 0 Å². The first kappa shape index (κ1) is 11.1. The highest BCUT2D eigenvalue weighted by Gasteiger charge is 2.25. The Kier molecular flexibility index (Phi) is 3.12. The van der Waals surface area contributed by atoms with E-state index in [1.807, 2.05) is 18.4 Å². The molecule has 0 aliphatic heterocycles. The largest absolute Gasteiger partial charge is 0.310 e. The minimum Gasteiger partial charge on any atom is -0.310 e. The maximum atomic E-state index is 4.79. The molecular weight excluding hydrogens is 204 g/mol. The predicted octanol–water partition coefficient (Wildman–Crippen LogP) is 3.26. The van der Waals surface area contributed by atoms with Crippen LogP contribution >= 0.6 is 11.3 Å². The summed E-state index contributed by atoms with van der Waals surface area (Å²) >= 11 is 1.84. The molecule has 0 atom stereocenters. The van der Waals surface area contributed by atoms with Gasteiger partial charge in [-0.2, -0.15) is 0 Å². The van der Waals surface area contributed by atoms with Crippen molar-refractivity contribution in [2.45, 2.75) is 51.0 Å². The van der Waals surface area contributed by atoms with Crippen molar-refractivity contribution in [2.24, 2.45) is 0 Å². The molecule has 0 spiro atoms. The Labute approximate surface area is 96.1 Å². The smallest absolute Gasteiger partial charge is 0.0960 e. The molecule has 1 aliphatic rings. The summed E-state index contributed by atoms with van der Waals surface area (Å²) in [5.74, 6) is 0.747. The molecule has 2 nitrogen and oxygen atoms in total. The van der Waals surface area contributed by atoms with E-state index in [9.17, 15) is 0 Å². The number of aromatic nitrogens is 1. The van der Waals surface area contributed by atoms with Crippen LogP contribution in [0.15, 0.2) is 5.38 Å². The van der Waals surface area contributed by atoms with Gasteiger partial charge in [-0.3, -0.25) is 0 Å². The van der Waals surface area contributed by atoms with Crippen molar-refractivity contribution in [1.82, 2.24) is 10.3 Å². The predicted molar refractivity (Wildman–Crippen MR) is 65.4 cm³/mol. The Morgan fingerprint density at radius 2 is 2.07 bits per heavy atom. The van der Waals surface area contributed by atoms with Crippen molar-refractivity contribution >= 4 is 11.3 Å². The molecular formula is C12H20N2S. The quantitative estimate of drug-likeness (QED) is 0.852. The van der Waals surface area contributed by atoms with E-state index in [0.717, 1.165) is 5.92 Å². The van der Waals surface area contributed by atoms with Crippen molar-refractivity contribution in [3.05, 3.63) is 16.1 Å². The van der Waals surface area contributed by atoms with Crippen LogP contribution in [0, 0.1) is 0 Å². The third-order valence-electron chi connectivity index (χ3n) is 3.49. The third kappa shape index (κ3) is 2.23. The fourth-order valence-corrected chi connectivity index (χ4v) is 3.22. The lowest BCUT2D eigenvalue weighted by Gasteiger charge is -2.21. The fraction of sp³-hybridized carbons (Fsp3) is 0.750. The van der Waals surface area contributed by atoms with Gasteiger partial charge >= 0.3 is 0 Å². The average Bonchev–Trinajstić information content (AvgIpc) is 2.88. The van der Waals surface area contributed by atoms with Crippen molar-refractivity contribution < 1.29 is 0 Å². The molecule has 0 unspecified atom stereocenters. The molecule has 0 aromatic carbocycles. The maximum Gasteiger partial charge on any atom is 0.0960 e. The second kappa shape index (κ2) is 4.22. The average molecular weight is 224 g/mol. The van der Waals surface area contributed by atoms with E-state index in [2.05, 4.69) is 24.5 Å². The Balaban J connectivity index is 2.16. The van der Waals surface area contributed by atoms with Gasteiger partial charge in [0.15, 0.2) is 0 Å². The second-order valence-electron chi connectivity index (χ2n) is 4.93. The van der Waals surface area contributed by atoms with Gasteiger partial charge in [0.05, 0.1) is 16.2 Å². The molecule has 1 N–H and O–H groups in total. The van der Waals surface area contributed by atoms with Gasteiger partial charge in [0.1, 0.15) is 0 Å². The van der Waals surface area contributed by atoms with E-state index in [0.29, 0.717) is 0 Å². The first-order chi connectivity index (χ1) is 7.13. The summed E-state index contributed by atoms with van der Waals surface area (Å²) in [6, 6.07) is 0. The van der Waals surface area contributed by atoms with Gasteiger partial charge in [-0.25, -0.2) is 4.98 Å². The number of rotatable bonds is 3. The number of hydrogen-bond acceptors (Lipinski definition) is 3. The molecule has 0 bridgehead atoms. The van der Waals surface area contributed by atoms with Crippen LogP contribution in [0.1, 0.15) is 56.2 Å². The minimum atomic E-state index is 0.00730. The Morgan fingerprint density at radius 3 is 2.67 bits per heavy atom. The van der Waals surface area contributed by atoms with Gasteiger partial charge in [-0.1, -0.05) is 12.8 Å². The highest BCUT2D eigenvalue weighted by atomic mass is 32.1. The van der Waals surface area contributed by atoms with Gasteiger partial charge < -0.3 is 5.32 Å². The Hall–Kier alpha value is -0.410.